The van der Waals surface area contributed by atoms with E-state index in [1.165, 1.54) is 4.31 Å². The standard InChI is InChI=1S/C26H32N4O3S/c1-17-7-9-23(10-8-17)34(32,33)29(4)22-12-18(2)25(19(3)13-22)20-14-24(28-16-20)26(31)30-11-5-6-21(30)15-27/h7-10,12-13,20-21,24,28H,5-6,11,14,16H2,1-4H3/t20-,21-,24-/m0/s1. The largest absolute Gasteiger partial charge is 0.325 e. The molecule has 1 amide bonds. The summed E-state index contributed by atoms with van der Waals surface area (Å²) in [6.45, 7) is 7.25. The summed E-state index contributed by atoms with van der Waals surface area (Å²) < 4.78 is 27.6. The first-order valence-corrected chi connectivity index (χ1v) is 13.2. The number of benzene rings is 2. The van der Waals surface area contributed by atoms with Gasteiger partial charge in [0.15, 0.2) is 0 Å². The van der Waals surface area contributed by atoms with Gasteiger partial charge >= 0.3 is 0 Å². The normalized spacial score (nSPS) is 22.6. The summed E-state index contributed by atoms with van der Waals surface area (Å²) in [6, 6.07) is 12.3. The SMILES string of the molecule is Cc1ccc(S(=O)(=O)N(C)c2cc(C)c([C@@H]3CN[C@H](C(=O)N4CCC[C@H]4C#N)C3)c(C)c2)cc1. The average molecular weight is 481 g/mol. The van der Waals surface area contributed by atoms with Gasteiger partial charge in [-0.05, 0) is 86.9 Å². The van der Waals surface area contributed by atoms with Crippen molar-refractivity contribution in [2.75, 3.05) is 24.4 Å². The summed E-state index contributed by atoms with van der Waals surface area (Å²) in [5.74, 6) is 0.174. The lowest BCUT2D eigenvalue weighted by molar-refractivity contribution is -0.133. The van der Waals surface area contributed by atoms with E-state index in [-0.39, 0.29) is 28.8 Å². The van der Waals surface area contributed by atoms with Gasteiger partial charge in [-0.3, -0.25) is 9.10 Å². The maximum atomic E-state index is 13.2. The Morgan fingerprint density at radius 1 is 1.15 bits per heavy atom. The summed E-state index contributed by atoms with van der Waals surface area (Å²) in [4.78, 5) is 15.0. The summed E-state index contributed by atoms with van der Waals surface area (Å²) >= 11 is 0. The number of amides is 1. The van der Waals surface area contributed by atoms with Crippen LogP contribution in [-0.4, -0.2) is 51.4 Å². The van der Waals surface area contributed by atoms with Crippen molar-refractivity contribution in [3.05, 3.63) is 58.7 Å². The molecular formula is C26H32N4O3S. The third kappa shape index (κ3) is 4.42. The van der Waals surface area contributed by atoms with Gasteiger partial charge in [-0.1, -0.05) is 17.7 Å². The van der Waals surface area contributed by atoms with Crippen molar-refractivity contribution in [2.45, 2.75) is 62.9 Å². The molecule has 2 aliphatic heterocycles. The second-order valence-corrected chi connectivity index (χ2v) is 11.5. The molecule has 0 spiro atoms. The lowest BCUT2D eigenvalue weighted by Crippen LogP contribution is -2.45. The number of likely N-dealkylation sites (tertiary alicyclic amines) is 1. The number of nitriles is 1. The summed E-state index contributed by atoms with van der Waals surface area (Å²) in [7, 11) is -2.09. The maximum absolute atomic E-state index is 13.2. The van der Waals surface area contributed by atoms with Crippen LogP contribution in [0, 0.1) is 32.1 Å². The highest BCUT2D eigenvalue weighted by Gasteiger charge is 2.38. The molecule has 1 N–H and O–H groups in total. The lowest BCUT2D eigenvalue weighted by Gasteiger charge is -2.24. The number of aryl methyl sites for hydroxylation is 3. The first kappa shape index (κ1) is 24.2. The molecule has 34 heavy (non-hydrogen) atoms. The topological polar surface area (TPSA) is 93.5 Å². The fourth-order valence-corrected chi connectivity index (χ4v) is 6.47. The van der Waals surface area contributed by atoms with Crippen molar-refractivity contribution < 1.29 is 13.2 Å². The van der Waals surface area contributed by atoms with E-state index in [1.54, 1.807) is 36.2 Å². The number of hydrogen-bond acceptors (Lipinski definition) is 5. The number of carbonyl (C=O) groups excluding carboxylic acids is 1. The lowest BCUT2D eigenvalue weighted by atomic mass is 9.88. The van der Waals surface area contributed by atoms with Crippen LogP contribution in [-0.2, 0) is 14.8 Å². The van der Waals surface area contributed by atoms with Gasteiger partial charge in [0.05, 0.1) is 22.7 Å². The van der Waals surface area contributed by atoms with E-state index in [2.05, 4.69) is 11.4 Å². The molecular weight excluding hydrogens is 448 g/mol. The van der Waals surface area contributed by atoms with Crippen molar-refractivity contribution >= 4 is 21.6 Å². The van der Waals surface area contributed by atoms with Gasteiger partial charge in [0, 0.05) is 20.1 Å². The number of sulfonamides is 1. The van der Waals surface area contributed by atoms with Crippen LogP contribution in [0.4, 0.5) is 5.69 Å². The Morgan fingerprint density at radius 2 is 1.79 bits per heavy atom. The molecule has 0 bridgehead atoms. The highest BCUT2D eigenvalue weighted by Crippen LogP contribution is 2.35. The zero-order valence-electron chi connectivity index (χ0n) is 20.2. The van der Waals surface area contributed by atoms with Gasteiger partial charge in [0.25, 0.3) is 10.0 Å². The molecule has 2 heterocycles. The van der Waals surface area contributed by atoms with Crippen LogP contribution in [0.5, 0.6) is 0 Å². The van der Waals surface area contributed by atoms with Gasteiger partial charge in [-0.25, -0.2) is 8.42 Å². The predicted octanol–water partition coefficient (Wildman–Crippen LogP) is 3.40. The van der Waals surface area contributed by atoms with Gasteiger partial charge < -0.3 is 10.2 Å². The minimum Gasteiger partial charge on any atom is -0.325 e. The molecule has 2 aromatic carbocycles. The Labute approximate surface area is 202 Å². The van der Waals surface area contributed by atoms with Crippen molar-refractivity contribution in [1.29, 1.82) is 5.26 Å². The van der Waals surface area contributed by atoms with Crippen LogP contribution < -0.4 is 9.62 Å². The number of carbonyl (C=O) groups is 1. The van der Waals surface area contributed by atoms with Crippen molar-refractivity contribution in [3.8, 4) is 6.07 Å². The molecule has 0 aliphatic carbocycles. The number of rotatable bonds is 5. The zero-order chi connectivity index (χ0) is 24.6. The second-order valence-electron chi connectivity index (χ2n) is 9.49. The smallest absolute Gasteiger partial charge is 0.264 e. The fraction of sp³-hybridized carbons (Fsp3) is 0.462. The van der Waals surface area contributed by atoms with Gasteiger partial charge in [0.2, 0.25) is 5.91 Å². The average Bonchev–Trinajstić information content (AvgIpc) is 3.48. The molecule has 2 saturated heterocycles. The van der Waals surface area contributed by atoms with Crippen molar-refractivity contribution in [2.24, 2.45) is 0 Å². The van der Waals surface area contributed by atoms with Crippen molar-refractivity contribution in [3.63, 3.8) is 0 Å². The van der Waals surface area contributed by atoms with Gasteiger partial charge in [-0.2, -0.15) is 5.26 Å². The number of nitrogens with zero attached hydrogens (tertiary/aromatic N) is 3. The Morgan fingerprint density at radius 3 is 2.41 bits per heavy atom. The molecule has 3 atom stereocenters. The van der Waals surface area contributed by atoms with E-state index in [1.807, 2.05) is 32.9 Å². The van der Waals surface area contributed by atoms with Crippen LogP contribution in [0.15, 0.2) is 41.3 Å². The van der Waals surface area contributed by atoms with E-state index in [9.17, 15) is 18.5 Å². The molecule has 4 rings (SSSR count). The van der Waals surface area contributed by atoms with E-state index in [4.69, 9.17) is 0 Å². The number of nitrogens with one attached hydrogen (secondary N) is 1. The van der Waals surface area contributed by atoms with E-state index in [0.717, 1.165) is 35.1 Å². The molecule has 0 unspecified atom stereocenters. The molecule has 2 aromatic rings. The highest BCUT2D eigenvalue weighted by atomic mass is 32.2. The maximum Gasteiger partial charge on any atom is 0.264 e. The Bertz CT molecular complexity index is 1210. The van der Waals surface area contributed by atoms with Crippen LogP contribution in [0.2, 0.25) is 0 Å². The molecule has 0 radical (unpaired) electrons. The summed E-state index contributed by atoms with van der Waals surface area (Å²) in [5.41, 5.74) is 4.80. The van der Waals surface area contributed by atoms with Crippen LogP contribution in [0.25, 0.3) is 0 Å². The summed E-state index contributed by atoms with van der Waals surface area (Å²) in [5, 5.41) is 12.7. The van der Waals surface area contributed by atoms with Gasteiger partial charge in [-0.15, -0.1) is 0 Å². The Balaban J connectivity index is 1.54. The highest BCUT2D eigenvalue weighted by molar-refractivity contribution is 7.92. The molecule has 0 saturated carbocycles. The molecule has 7 nitrogen and oxygen atoms in total. The zero-order valence-corrected chi connectivity index (χ0v) is 21.0. The van der Waals surface area contributed by atoms with E-state index in [0.29, 0.717) is 25.2 Å². The minimum atomic E-state index is -3.67. The van der Waals surface area contributed by atoms with E-state index >= 15 is 0 Å². The second kappa shape index (κ2) is 9.40. The molecule has 8 heteroatoms. The van der Waals surface area contributed by atoms with E-state index < -0.39 is 10.0 Å². The third-order valence-electron chi connectivity index (χ3n) is 7.14. The van der Waals surface area contributed by atoms with Crippen LogP contribution in [0.1, 0.15) is 47.4 Å². The number of anilines is 1. The number of hydrogen-bond donors (Lipinski definition) is 1. The van der Waals surface area contributed by atoms with Crippen LogP contribution >= 0.6 is 0 Å². The minimum absolute atomic E-state index is 0.0161. The van der Waals surface area contributed by atoms with Crippen molar-refractivity contribution in [1.82, 2.24) is 10.2 Å². The first-order chi connectivity index (χ1) is 16.1. The Hall–Kier alpha value is -2.89. The molecule has 0 aromatic heterocycles. The Kier molecular flexibility index (Phi) is 6.70. The molecule has 2 aliphatic rings. The van der Waals surface area contributed by atoms with Crippen LogP contribution in [0.3, 0.4) is 0 Å². The monoisotopic (exact) mass is 480 g/mol. The summed E-state index contributed by atoms with van der Waals surface area (Å²) in [6.07, 6.45) is 2.29. The fourth-order valence-electron chi connectivity index (χ4n) is 5.29. The third-order valence-corrected chi connectivity index (χ3v) is 8.94. The first-order valence-electron chi connectivity index (χ1n) is 11.7. The molecule has 2 fully saturated rings. The molecule has 180 valence electrons. The quantitative estimate of drug-likeness (QED) is 0.708. The predicted molar refractivity (Wildman–Crippen MR) is 132 cm³/mol. The van der Waals surface area contributed by atoms with Gasteiger partial charge in [0.1, 0.15) is 6.04 Å².